The molecule has 1 rings (SSSR count). The molecular formula is C13H18F6N2S3. The number of imidazole rings is 1. The Balaban J connectivity index is 3.36. The van der Waals surface area contributed by atoms with Crippen LogP contribution >= 0.6 is 37.5 Å². The van der Waals surface area contributed by atoms with E-state index in [4.69, 9.17) is 12.2 Å². The molecule has 0 bridgehead atoms. The van der Waals surface area contributed by atoms with Crippen molar-refractivity contribution in [3.05, 3.63) is 4.77 Å². The monoisotopic (exact) mass is 412 g/mol. The normalized spacial score (nSPS) is 14.3. The summed E-state index contributed by atoms with van der Waals surface area (Å²) in [5.41, 5.74) is -0.314. The summed E-state index contributed by atoms with van der Waals surface area (Å²) in [7, 11) is 0. The Morgan fingerprint density at radius 3 is 1.54 bits per heavy atom. The zero-order valence-electron chi connectivity index (χ0n) is 13.4. The van der Waals surface area contributed by atoms with Crippen LogP contribution in [-0.2, 0) is 13.1 Å². The van der Waals surface area contributed by atoms with Crippen molar-refractivity contribution in [2.24, 2.45) is 5.41 Å². The van der Waals surface area contributed by atoms with Crippen molar-refractivity contribution in [3.8, 4) is 0 Å². The molecule has 0 aliphatic carbocycles. The van der Waals surface area contributed by atoms with Crippen LogP contribution in [-0.4, -0.2) is 26.9 Å². The molecule has 0 radical (unpaired) electrons. The van der Waals surface area contributed by atoms with Crippen molar-refractivity contribution in [1.82, 2.24) is 9.13 Å². The summed E-state index contributed by atoms with van der Waals surface area (Å²) in [6, 6.07) is 0. The van der Waals surface area contributed by atoms with Crippen LogP contribution < -0.4 is 0 Å². The summed E-state index contributed by atoms with van der Waals surface area (Å²) < 4.78 is 82.1. The standard InChI is InChI=1S/C13H18F6N2S3/c1-10(2,3)5-20-7(22)8(23)21(9(20)24)6-12(16,17)13(18,19)11(4,14)15/h22-23H,5-6H2,1-4H3. The van der Waals surface area contributed by atoms with Gasteiger partial charge in [-0.25, -0.2) is 0 Å². The molecule has 2 nitrogen and oxygen atoms in total. The van der Waals surface area contributed by atoms with E-state index in [1.54, 1.807) is 0 Å². The van der Waals surface area contributed by atoms with Crippen LogP contribution in [0.15, 0.2) is 10.1 Å². The van der Waals surface area contributed by atoms with E-state index in [1.165, 1.54) is 4.57 Å². The number of thiol groups is 2. The number of aromatic nitrogens is 2. The van der Waals surface area contributed by atoms with Crippen molar-refractivity contribution in [1.29, 1.82) is 0 Å². The van der Waals surface area contributed by atoms with E-state index >= 15 is 0 Å². The third-order valence-electron chi connectivity index (χ3n) is 3.17. The van der Waals surface area contributed by atoms with Gasteiger partial charge >= 0.3 is 17.8 Å². The zero-order chi connectivity index (χ0) is 19.3. The number of halogens is 6. The maximum Gasteiger partial charge on any atom is 0.373 e. The smallest absolute Gasteiger partial charge is 0.311 e. The van der Waals surface area contributed by atoms with Crippen molar-refractivity contribution >= 4 is 37.5 Å². The summed E-state index contributed by atoms with van der Waals surface area (Å²) in [4.78, 5) is 0. The van der Waals surface area contributed by atoms with Gasteiger partial charge < -0.3 is 9.13 Å². The Hall–Kier alpha value is -0.290. The van der Waals surface area contributed by atoms with E-state index in [1.807, 2.05) is 20.8 Å². The first-order chi connectivity index (χ1) is 10.4. The van der Waals surface area contributed by atoms with E-state index in [9.17, 15) is 26.3 Å². The Labute approximate surface area is 152 Å². The lowest BCUT2D eigenvalue weighted by Crippen LogP contribution is -2.54. The van der Waals surface area contributed by atoms with Gasteiger partial charge in [-0.3, -0.25) is 0 Å². The molecule has 0 unspecified atom stereocenters. The number of rotatable bonds is 5. The molecule has 0 spiro atoms. The highest BCUT2D eigenvalue weighted by atomic mass is 32.1. The molecule has 0 aromatic carbocycles. The van der Waals surface area contributed by atoms with Gasteiger partial charge in [-0.05, 0) is 17.6 Å². The van der Waals surface area contributed by atoms with Crippen LogP contribution in [0.3, 0.4) is 0 Å². The molecule has 1 aromatic rings. The van der Waals surface area contributed by atoms with Gasteiger partial charge in [0.25, 0.3) is 0 Å². The van der Waals surface area contributed by atoms with Crippen LogP contribution in [0.1, 0.15) is 27.7 Å². The fraction of sp³-hybridized carbons (Fsp3) is 0.769. The van der Waals surface area contributed by atoms with E-state index in [2.05, 4.69) is 25.3 Å². The highest BCUT2D eigenvalue weighted by Crippen LogP contribution is 2.46. The molecule has 0 saturated carbocycles. The highest BCUT2D eigenvalue weighted by Gasteiger charge is 2.69. The van der Waals surface area contributed by atoms with Gasteiger partial charge in [0.15, 0.2) is 4.77 Å². The van der Waals surface area contributed by atoms with Crippen LogP contribution in [0.25, 0.3) is 0 Å². The Bertz CT molecular complexity index is 667. The zero-order valence-corrected chi connectivity index (χ0v) is 16.0. The quantitative estimate of drug-likeness (QED) is 0.366. The lowest BCUT2D eigenvalue weighted by molar-refractivity contribution is -0.306. The summed E-state index contributed by atoms with van der Waals surface area (Å²) in [6.45, 7) is 3.81. The fourth-order valence-electron chi connectivity index (χ4n) is 1.95. The first-order valence-corrected chi connectivity index (χ1v) is 8.07. The van der Waals surface area contributed by atoms with Gasteiger partial charge in [-0.1, -0.05) is 20.8 Å². The lowest BCUT2D eigenvalue weighted by Gasteiger charge is -2.31. The van der Waals surface area contributed by atoms with Crippen LogP contribution in [0.2, 0.25) is 0 Å². The molecule has 0 saturated heterocycles. The number of alkyl halides is 6. The summed E-state index contributed by atoms with van der Waals surface area (Å²) in [5.74, 6) is -15.5. The van der Waals surface area contributed by atoms with Crippen LogP contribution in [0.4, 0.5) is 26.3 Å². The van der Waals surface area contributed by atoms with Crippen molar-refractivity contribution in [3.63, 3.8) is 0 Å². The molecule has 0 amide bonds. The van der Waals surface area contributed by atoms with Crippen molar-refractivity contribution in [2.75, 3.05) is 0 Å². The maximum atomic E-state index is 13.9. The second kappa shape index (κ2) is 6.46. The highest BCUT2D eigenvalue weighted by molar-refractivity contribution is 7.83. The Morgan fingerprint density at radius 2 is 1.21 bits per heavy atom. The minimum atomic E-state index is -5.54. The van der Waals surface area contributed by atoms with Gasteiger partial charge in [0.2, 0.25) is 0 Å². The molecule has 11 heteroatoms. The first kappa shape index (κ1) is 21.8. The molecule has 1 heterocycles. The maximum absolute atomic E-state index is 13.9. The SMILES string of the molecule is CC(C)(C)Cn1c(S)c(S)n(CC(F)(F)C(F)(F)C(C)(F)F)c1=S. The number of nitrogens with zero attached hydrogens (tertiary/aromatic N) is 2. The fourth-order valence-corrected chi connectivity index (χ4v) is 2.97. The summed E-state index contributed by atoms with van der Waals surface area (Å²) in [5, 5.41) is -0.0943. The molecule has 140 valence electrons. The first-order valence-electron chi connectivity index (χ1n) is 6.77. The molecular weight excluding hydrogens is 394 g/mol. The van der Waals surface area contributed by atoms with Gasteiger partial charge in [-0.15, -0.1) is 25.3 Å². The lowest BCUT2D eigenvalue weighted by atomic mass is 9.97. The predicted octanol–water partition coefficient (Wildman–Crippen LogP) is 5.57. The molecule has 0 aliphatic heterocycles. The van der Waals surface area contributed by atoms with Crippen molar-refractivity contribution in [2.45, 2.75) is 68.6 Å². The van der Waals surface area contributed by atoms with Gasteiger partial charge in [0, 0.05) is 13.5 Å². The summed E-state index contributed by atoms with van der Waals surface area (Å²) >= 11 is 13.1. The predicted molar refractivity (Wildman–Crippen MR) is 87.7 cm³/mol. The number of hydrogen-bond donors (Lipinski definition) is 2. The van der Waals surface area contributed by atoms with Crippen molar-refractivity contribution < 1.29 is 26.3 Å². The molecule has 1 aromatic heterocycles. The topological polar surface area (TPSA) is 9.86 Å². The van der Waals surface area contributed by atoms with Gasteiger partial charge in [-0.2, -0.15) is 26.3 Å². The van der Waals surface area contributed by atoms with E-state index in [0.717, 1.165) is 0 Å². The van der Waals surface area contributed by atoms with E-state index in [-0.39, 0.29) is 33.7 Å². The molecule has 0 N–H and O–H groups in total. The second-order valence-electron chi connectivity index (χ2n) is 6.83. The third-order valence-corrected chi connectivity index (χ3v) is 4.70. The largest absolute Gasteiger partial charge is 0.373 e. The minimum absolute atomic E-state index is 0.0978. The van der Waals surface area contributed by atoms with Crippen LogP contribution in [0.5, 0.6) is 0 Å². The minimum Gasteiger partial charge on any atom is -0.311 e. The van der Waals surface area contributed by atoms with E-state index in [0.29, 0.717) is 4.57 Å². The van der Waals surface area contributed by atoms with E-state index < -0.39 is 24.3 Å². The molecule has 0 aliphatic rings. The average Bonchev–Trinajstić information content (AvgIpc) is 2.53. The molecule has 0 fully saturated rings. The summed E-state index contributed by atoms with van der Waals surface area (Å²) in [6.07, 6.45) is 0. The second-order valence-corrected chi connectivity index (χ2v) is 8.04. The third kappa shape index (κ3) is 4.09. The molecule has 0 atom stereocenters. The Kier molecular flexibility index (Phi) is 5.85. The average molecular weight is 412 g/mol. The number of hydrogen-bond acceptors (Lipinski definition) is 3. The van der Waals surface area contributed by atoms with Gasteiger partial charge in [0.05, 0.1) is 6.54 Å². The molecule has 24 heavy (non-hydrogen) atoms. The Morgan fingerprint density at radius 1 is 0.833 bits per heavy atom. The van der Waals surface area contributed by atoms with Gasteiger partial charge in [0.1, 0.15) is 10.1 Å². The van der Waals surface area contributed by atoms with Crippen LogP contribution in [0, 0.1) is 10.2 Å².